The monoisotopic (exact) mass is 348 g/mol. The van der Waals surface area contributed by atoms with E-state index in [2.05, 4.69) is 15.5 Å². The summed E-state index contributed by atoms with van der Waals surface area (Å²) in [6, 6.07) is 2.92. The van der Waals surface area contributed by atoms with Crippen molar-refractivity contribution in [2.75, 3.05) is 10.0 Å². The standard InChI is InChI=1S/C11H10F2N4O3S2/c1-2-8(18)14-10-15-16-11(21-10)22(19,20)17-9-6(12)4-3-5-7(9)13/h3-5,17H,2H2,1H3,(H,14,15,18). The third-order valence-electron chi connectivity index (χ3n) is 2.40. The van der Waals surface area contributed by atoms with E-state index in [0.717, 1.165) is 18.2 Å². The highest BCUT2D eigenvalue weighted by Gasteiger charge is 2.23. The zero-order valence-corrected chi connectivity index (χ0v) is 12.8. The first kappa shape index (κ1) is 16.2. The third kappa shape index (κ3) is 3.54. The van der Waals surface area contributed by atoms with E-state index in [1.165, 1.54) is 0 Å². The first-order valence-electron chi connectivity index (χ1n) is 5.93. The van der Waals surface area contributed by atoms with Gasteiger partial charge in [-0.15, -0.1) is 10.2 Å². The minimum absolute atomic E-state index is 0.0266. The molecule has 118 valence electrons. The number of para-hydroxylation sites is 1. The van der Waals surface area contributed by atoms with Crippen LogP contribution in [0.4, 0.5) is 19.6 Å². The summed E-state index contributed by atoms with van der Waals surface area (Å²) in [5.41, 5.74) is -0.808. The summed E-state index contributed by atoms with van der Waals surface area (Å²) in [6.45, 7) is 1.61. The molecule has 2 N–H and O–H groups in total. The summed E-state index contributed by atoms with van der Waals surface area (Å²) >= 11 is 0.565. The van der Waals surface area contributed by atoms with E-state index in [9.17, 15) is 22.0 Å². The molecule has 2 aromatic rings. The molecule has 0 unspecified atom stereocenters. The SMILES string of the molecule is CCC(=O)Nc1nnc(S(=O)(=O)Nc2c(F)cccc2F)s1. The molecule has 11 heteroatoms. The number of hydrogen-bond acceptors (Lipinski definition) is 6. The number of anilines is 2. The molecule has 1 heterocycles. The van der Waals surface area contributed by atoms with E-state index in [4.69, 9.17) is 0 Å². The highest BCUT2D eigenvalue weighted by atomic mass is 32.2. The quantitative estimate of drug-likeness (QED) is 0.805. The first-order chi connectivity index (χ1) is 10.3. The smallest absolute Gasteiger partial charge is 0.291 e. The third-order valence-corrected chi connectivity index (χ3v) is 4.96. The van der Waals surface area contributed by atoms with Gasteiger partial charge in [0, 0.05) is 6.42 Å². The maximum atomic E-state index is 13.5. The van der Waals surface area contributed by atoms with E-state index in [1.807, 2.05) is 0 Å². The van der Waals surface area contributed by atoms with E-state index in [1.54, 1.807) is 11.6 Å². The van der Waals surface area contributed by atoms with Gasteiger partial charge in [-0.1, -0.05) is 24.3 Å². The van der Waals surface area contributed by atoms with E-state index >= 15 is 0 Å². The second kappa shape index (κ2) is 6.32. The Morgan fingerprint density at radius 2 is 1.91 bits per heavy atom. The largest absolute Gasteiger partial charge is 0.301 e. The topological polar surface area (TPSA) is 101 Å². The highest BCUT2D eigenvalue weighted by Crippen LogP contribution is 2.25. The van der Waals surface area contributed by atoms with Crippen LogP contribution in [0.2, 0.25) is 0 Å². The number of sulfonamides is 1. The number of amides is 1. The average Bonchev–Trinajstić information content (AvgIpc) is 2.92. The minimum atomic E-state index is -4.32. The summed E-state index contributed by atoms with van der Waals surface area (Å²) in [7, 11) is -4.32. The Morgan fingerprint density at radius 1 is 1.27 bits per heavy atom. The van der Waals surface area contributed by atoms with Crippen molar-refractivity contribution in [2.24, 2.45) is 0 Å². The summed E-state index contributed by atoms with van der Waals surface area (Å²) in [5, 5.41) is 9.19. The second-order valence-corrected chi connectivity index (χ2v) is 6.81. The Bertz CT molecular complexity index is 787. The van der Waals surface area contributed by atoms with Gasteiger partial charge in [0.15, 0.2) is 0 Å². The molecule has 0 bridgehead atoms. The van der Waals surface area contributed by atoms with Gasteiger partial charge in [-0.2, -0.15) is 8.42 Å². The second-order valence-electron chi connectivity index (χ2n) is 3.98. The Morgan fingerprint density at radius 3 is 2.50 bits per heavy atom. The molecule has 0 radical (unpaired) electrons. The molecule has 0 aliphatic carbocycles. The van der Waals surface area contributed by atoms with Crippen molar-refractivity contribution in [3.63, 3.8) is 0 Å². The molecular weight excluding hydrogens is 338 g/mol. The number of carbonyl (C=O) groups excluding carboxylic acids is 1. The Kier molecular flexibility index (Phi) is 4.66. The molecule has 1 aromatic carbocycles. The molecule has 22 heavy (non-hydrogen) atoms. The van der Waals surface area contributed by atoms with E-state index in [-0.39, 0.29) is 17.5 Å². The number of carbonyl (C=O) groups is 1. The van der Waals surface area contributed by atoms with Crippen LogP contribution in [-0.4, -0.2) is 24.5 Å². The molecule has 7 nitrogen and oxygen atoms in total. The lowest BCUT2D eigenvalue weighted by molar-refractivity contribution is -0.115. The maximum absolute atomic E-state index is 13.5. The van der Waals surface area contributed by atoms with Gasteiger partial charge in [0.05, 0.1) is 0 Å². The van der Waals surface area contributed by atoms with Crippen molar-refractivity contribution < 1.29 is 22.0 Å². The average molecular weight is 348 g/mol. The molecular formula is C11H10F2N4O3S2. The number of nitrogens with one attached hydrogen (secondary N) is 2. The van der Waals surface area contributed by atoms with Crippen LogP contribution < -0.4 is 10.0 Å². The molecule has 2 rings (SSSR count). The van der Waals surface area contributed by atoms with Crippen LogP contribution in [0.1, 0.15) is 13.3 Å². The number of rotatable bonds is 5. The Labute approximate surface area is 128 Å². The predicted molar refractivity (Wildman–Crippen MR) is 76.0 cm³/mol. The number of aromatic nitrogens is 2. The summed E-state index contributed by atoms with van der Waals surface area (Å²) in [4.78, 5) is 11.2. The van der Waals surface area contributed by atoms with Crippen molar-refractivity contribution in [3.8, 4) is 0 Å². The number of nitrogens with zero attached hydrogens (tertiary/aromatic N) is 2. The molecule has 0 fully saturated rings. The number of halogens is 2. The molecule has 1 aromatic heterocycles. The lowest BCUT2D eigenvalue weighted by Gasteiger charge is -2.06. The molecule has 1 amide bonds. The normalized spacial score (nSPS) is 11.2. The van der Waals surface area contributed by atoms with Crippen molar-refractivity contribution in [1.82, 2.24) is 10.2 Å². The summed E-state index contributed by atoms with van der Waals surface area (Å²) in [6.07, 6.45) is 0.181. The molecule has 0 saturated carbocycles. The fraction of sp³-hybridized carbons (Fsp3) is 0.182. The Balaban J connectivity index is 2.26. The van der Waals surface area contributed by atoms with Gasteiger partial charge >= 0.3 is 0 Å². The molecule has 0 aliphatic heterocycles. The van der Waals surface area contributed by atoms with Gasteiger partial charge < -0.3 is 5.32 Å². The van der Waals surface area contributed by atoms with Gasteiger partial charge in [0.2, 0.25) is 11.0 Å². The molecule has 0 aliphatic rings. The van der Waals surface area contributed by atoms with Crippen molar-refractivity contribution in [3.05, 3.63) is 29.8 Å². The van der Waals surface area contributed by atoms with Gasteiger partial charge in [0.25, 0.3) is 14.4 Å². The fourth-order valence-corrected chi connectivity index (χ4v) is 3.34. The van der Waals surface area contributed by atoms with Crippen molar-refractivity contribution >= 4 is 38.1 Å². The van der Waals surface area contributed by atoms with Gasteiger partial charge in [-0.05, 0) is 12.1 Å². The molecule has 0 spiro atoms. The number of hydrogen-bond donors (Lipinski definition) is 2. The molecule has 0 atom stereocenters. The summed E-state index contributed by atoms with van der Waals surface area (Å²) < 4.78 is 52.2. The summed E-state index contributed by atoms with van der Waals surface area (Å²) in [5.74, 6) is -2.49. The van der Waals surface area contributed by atoms with Gasteiger partial charge in [0.1, 0.15) is 17.3 Å². The van der Waals surface area contributed by atoms with Crippen LogP contribution in [0.25, 0.3) is 0 Å². The lowest BCUT2D eigenvalue weighted by Crippen LogP contribution is -2.15. The zero-order valence-electron chi connectivity index (χ0n) is 11.1. The van der Waals surface area contributed by atoms with Crippen molar-refractivity contribution in [1.29, 1.82) is 0 Å². The van der Waals surface area contributed by atoms with Crippen LogP contribution in [0.5, 0.6) is 0 Å². The maximum Gasteiger partial charge on any atom is 0.291 e. The van der Waals surface area contributed by atoms with Gasteiger partial charge in [-0.3, -0.25) is 9.52 Å². The van der Waals surface area contributed by atoms with Crippen LogP contribution in [0, 0.1) is 11.6 Å². The predicted octanol–water partition coefficient (Wildman–Crippen LogP) is 1.97. The first-order valence-corrected chi connectivity index (χ1v) is 8.23. The van der Waals surface area contributed by atoms with Crippen LogP contribution in [-0.2, 0) is 14.8 Å². The van der Waals surface area contributed by atoms with E-state index in [0.29, 0.717) is 11.3 Å². The van der Waals surface area contributed by atoms with Crippen LogP contribution in [0.3, 0.4) is 0 Å². The zero-order chi connectivity index (χ0) is 16.3. The van der Waals surface area contributed by atoms with Gasteiger partial charge in [-0.25, -0.2) is 8.78 Å². The Hall–Kier alpha value is -2.14. The number of benzene rings is 1. The lowest BCUT2D eigenvalue weighted by atomic mass is 10.3. The minimum Gasteiger partial charge on any atom is -0.301 e. The fourth-order valence-electron chi connectivity index (χ4n) is 1.35. The highest BCUT2D eigenvalue weighted by molar-refractivity contribution is 7.94. The molecule has 0 saturated heterocycles. The van der Waals surface area contributed by atoms with Crippen LogP contribution in [0.15, 0.2) is 22.5 Å². The van der Waals surface area contributed by atoms with Crippen LogP contribution >= 0.6 is 11.3 Å². The van der Waals surface area contributed by atoms with E-state index < -0.39 is 31.7 Å². The van der Waals surface area contributed by atoms with Crippen molar-refractivity contribution in [2.45, 2.75) is 17.7 Å².